The van der Waals surface area contributed by atoms with Gasteiger partial charge in [-0.25, -0.2) is 9.97 Å². The van der Waals surface area contributed by atoms with Gasteiger partial charge in [0.25, 0.3) is 0 Å². The highest BCUT2D eigenvalue weighted by Gasteiger charge is 2.24. The first-order valence-corrected chi connectivity index (χ1v) is 11.6. The summed E-state index contributed by atoms with van der Waals surface area (Å²) < 4.78 is 12.8. The number of halogens is 1. The summed E-state index contributed by atoms with van der Waals surface area (Å²) in [6.07, 6.45) is 5.68. The minimum absolute atomic E-state index is 0.0501. The molecule has 8 nitrogen and oxygen atoms in total. The van der Waals surface area contributed by atoms with E-state index in [0.29, 0.717) is 47.1 Å². The van der Waals surface area contributed by atoms with Crippen LogP contribution in [-0.4, -0.2) is 45.1 Å². The van der Waals surface area contributed by atoms with Gasteiger partial charge >= 0.3 is 5.97 Å². The summed E-state index contributed by atoms with van der Waals surface area (Å²) in [7, 11) is 3.47. The van der Waals surface area contributed by atoms with Gasteiger partial charge in [0.05, 0.1) is 18.7 Å². The Morgan fingerprint density at radius 2 is 2.00 bits per heavy atom. The van der Waals surface area contributed by atoms with E-state index in [2.05, 4.69) is 9.97 Å². The molecular weight excluding hydrogens is 458 g/mol. The van der Waals surface area contributed by atoms with Gasteiger partial charge in [-0.05, 0) is 42.9 Å². The Morgan fingerprint density at radius 3 is 2.74 bits per heavy atom. The van der Waals surface area contributed by atoms with Gasteiger partial charge in [0.15, 0.2) is 5.78 Å². The molecule has 1 N–H and O–H groups in total. The molecule has 0 saturated carbocycles. The van der Waals surface area contributed by atoms with E-state index in [9.17, 15) is 9.59 Å². The van der Waals surface area contributed by atoms with E-state index in [1.54, 1.807) is 32.5 Å². The molecule has 0 bridgehead atoms. The van der Waals surface area contributed by atoms with Crippen molar-refractivity contribution in [1.29, 1.82) is 0 Å². The molecule has 0 spiro atoms. The zero-order chi connectivity index (χ0) is 24.7. The fourth-order valence-corrected chi connectivity index (χ4v) is 4.22. The Morgan fingerprint density at radius 1 is 1.21 bits per heavy atom. The number of aliphatic carboxylic acids is 1. The Labute approximate surface area is 203 Å². The van der Waals surface area contributed by atoms with Crippen molar-refractivity contribution in [3.63, 3.8) is 0 Å². The number of Topliss-reactive ketones (excluding diaryl/α,β-unsaturated/α-hetero) is 1. The van der Waals surface area contributed by atoms with Crippen molar-refractivity contribution in [2.24, 2.45) is 13.0 Å². The summed E-state index contributed by atoms with van der Waals surface area (Å²) >= 11 is 6.17. The van der Waals surface area contributed by atoms with Crippen molar-refractivity contribution < 1.29 is 24.2 Å². The lowest BCUT2D eigenvalue weighted by Gasteiger charge is -2.11. The van der Waals surface area contributed by atoms with Crippen molar-refractivity contribution in [2.45, 2.75) is 45.6 Å². The van der Waals surface area contributed by atoms with Crippen LogP contribution >= 0.6 is 11.6 Å². The van der Waals surface area contributed by atoms with Crippen LogP contribution in [0, 0.1) is 5.92 Å². The van der Waals surface area contributed by atoms with E-state index >= 15 is 0 Å². The Hall–Kier alpha value is -2.97. The van der Waals surface area contributed by atoms with E-state index in [1.807, 2.05) is 23.7 Å². The molecule has 34 heavy (non-hydrogen) atoms. The molecule has 0 fully saturated rings. The van der Waals surface area contributed by atoms with Crippen molar-refractivity contribution >= 4 is 34.4 Å². The third kappa shape index (κ3) is 6.55. The summed E-state index contributed by atoms with van der Waals surface area (Å²) in [5, 5.41) is 10.2. The van der Waals surface area contributed by atoms with Crippen LogP contribution in [-0.2, 0) is 29.6 Å². The van der Waals surface area contributed by atoms with E-state index in [-0.39, 0.29) is 24.5 Å². The summed E-state index contributed by atoms with van der Waals surface area (Å²) in [6, 6.07) is 5.49. The monoisotopic (exact) mass is 487 g/mol. The van der Waals surface area contributed by atoms with Crippen LogP contribution in [0.4, 0.5) is 0 Å². The van der Waals surface area contributed by atoms with Crippen LogP contribution in [0.1, 0.15) is 54.2 Å². The van der Waals surface area contributed by atoms with Gasteiger partial charge in [-0.1, -0.05) is 18.5 Å². The standard InChI is InChI=1S/C25H30ClN3O5/c1-16(11-23(31)32)10-21(30)24-19-13-18(26)14-28-25(19)29(2)20(24)6-4-5-9-34-15-17-7-8-27-22(12-17)33-3/h7-8,12-14,16H,4-6,9-11,15H2,1-3H3,(H,31,32). The maximum absolute atomic E-state index is 13.2. The van der Waals surface area contributed by atoms with Crippen LogP contribution in [0.15, 0.2) is 30.6 Å². The lowest BCUT2D eigenvalue weighted by molar-refractivity contribution is -0.137. The second-order valence-electron chi connectivity index (χ2n) is 8.45. The summed E-state index contributed by atoms with van der Waals surface area (Å²) in [6.45, 7) is 2.83. The minimum Gasteiger partial charge on any atom is -0.481 e. The predicted octanol–water partition coefficient (Wildman–Crippen LogP) is 4.85. The zero-order valence-corrected chi connectivity index (χ0v) is 20.5. The van der Waals surface area contributed by atoms with E-state index in [1.165, 1.54) is 0 Å². The topological polar surface area (TPSA) is 104 Å². The number of methoxy groups -OCH3 is 1. The molecule has 0 aromatic carbocycles. The molecule has 0 radical (unpaired) electrons. The first-order valence-electron chi connectivity index (χ1n) is 11.2. The van der Waals surface area contributed by atoms with Crippen molar-refractivity contribution in [3.8, 4) is 5.88 Å². The van der Waals surface area contributed by atoms with Crippen molar-refractivity contribution in [1.82, 2.24) is 14.5 Å². The second kappa shape index (κ2) is 11.9. The van der Waals surface area contributed by atoms with Gasteiger partial charge in [0, 0.05) is 61.6 Å². The molecule has 1 atom stereocenters. The molecule has 3 aromatic heterocycles. The number of pyridine rings is 2. The average molecular weight is 488 g/mol. The smallest absolute Gasteiger partial charge is 0.303 e. The zero-order valence-electron chi connectivity index (χ0n) is 19.7. The third-order valence-corrected chi connectivity index (χ3v) is 5.89. The highest BCUT2D eigenvalue weighted by atomic mass is 35.5. The number of fused-ring (bicyclic) bond motifs is 1. The van der Waals surface area contributed by atoms with Crippen LogP contribution < -0.4 is 4.74 Å². The number of unbranched alkanes of at least 4 members (excludes halogenated alkanes) is 1. The fraction of sp³-hybridized carbons (Fsp3) is 0.440. The van der Waals surface area contributed by atoms with Crippen LogP contribution in [0.25, 0.3) is 11.0 Å². The number of hydrogen-bond acceptors (Lipinski definition) is 6. The molecule has 0 aliphatic rings. The molecule has 0 aliphatic carbocycles. The highest BCUT2D eigenvalue weighted by molar-refractivity contribution is 6.31. The maximum atomic E-state index is 13.2. The van der Waals surface area contributed by atoms with Crippen molar-refractivity contribution in [2.75, 3.05) is 13.7 Å². The first kappa shape index (κ1) is 25.6. The summed E-state index contributed by atoms with van der Waals surface area (Å²) in [5.74, 6) is -0.699. The number of nitrogens with zero attached hydrogens (tertiary/aromatic N) is 3. The number of hydrogen-bond donors (Lipinski definition) is 1. The summed E-state index contributed by atoms with van der Waals surface area (Å²) in [4.78, 5) is 32.8. The molecule has 0 saturated heterocycles. The predicted molar refractivity (Wildman–Crippen MR) is 129 cm³/mol. The minimum atomic E-state index is -0.909. The van der Waals surface area contributed by atoms with Gasteiger partial charge in [0.2, 0.25) is 5.88 Å². The van der Waals surface area contributed by atoms with Crippen molar-refractivity contribution in [3.05, 3.63) is 52.4 Å². The quantitative estimate of drug-likeness (QED) is 0.271. The molecule has 3 rings (SSSR count). The lowest BCUT2D eigenvalue weighted by atomic mass is 9.94. The number of carboxylic acids is 1. The number of ether oxygens (including phenoxy) is 2. The number of carboxylic acid groups (broad SMARTS) is 1. The van der Waals surface area contributed by atoms with Crippen LogP contribution in [0.3, 0.4) is 0 Å². The maximum Gasteiger partial charge on any atom is 0.303 e. The van der Waals surface area contributed by atoms with Crippen LogP contribution in [0.5, 0.6) is 5.88 Å². The van der Waals surface area contributed by atoms with Gasteiger partial charge in [-0.2, -0.15) is 0 Å². The average Bonchev–Trinajstić information content (AvgIpc) is 3.06. The van der Waals surface area contributed by atoms with Gasteiger partial charge in [-0.3, -0.25) is 9.59 Å². The highest BCUT2D eigenvalue weighted by Crippen LogP contribution is 2.30. The number of carbonyl (C=O) groups is 2. The number of aryl methyl sites for hydroxylation is 1. The molecule has 0 aliphatic heterocycles. The number of carbonyl (C=O) groups excluding carboxylic acids is 1. The number of aromatic nitrogens is 3. The molecule has 9 heteroatoms. The van der Waals surface area contributed by atoms with E-state index in [0.717, 1.165) is 24.1 Å². The fourth-order valence-electron chi connectivity index (χ4n) is 4.07. The Kier molecular flexibility index (Phi) is 9.01. The van der Waals surface area contributed by atoms with Crippen LogP contribution in [0.2, 0.25) is 5.02 Å². The normalized spacial score (nSPS) is 12.1. The second-order valence-corrected chi connectivity index (χ2v) is 8.89. The molecule has 182 valence electrons. The molecule has 1 unspecified atom stereocenters. The Bertz CT molecular complexity index is 1160. The van der Waals surface area contributed by atoms with E-state index in [4.69, 9.17) is 26.2 Å². The lowest BCUT2D eigenvalue weighted by Crippen LogP contribution is -2.12. The first-order chi connectivity index (χ1) is 16.3. The Balaban J connectivity index is 1.66. The molecule has 0 amide bonds. The van der Waals surface area contributed by atoms with Gasteiger partial charge in [-0.15, -0.1) is 0 Å². The third-order valence-electron chi connectivity index (χ3n) is 5.68. The summed E-state index contributed by atoms with van der Waals surface area (Å²) in [5.41, 5.74) is 3.16. The SMILES string of the molecule is COc1cc(COCCCCc2c(C(=O)CC(C)CC(=O)O)c3cc(Cl)cnc3n2C)ccn1. The largest absolute Gasteiger partial charge is 0.481 e. The van der Waals surface area contributed by atoms with Gasteiger partial charge in [0.1, 0.15) is 5.65 Å². The molecule has 3 heterocycles. The number of rotatable bonds is 13. The molecular formula is C25H30ClN3O5. The molecule has 3 aromatic rings. The van der Waals surface area contributed by atoms with Gasteiger partial charge < -0.3 is 19.1 Å². The number of ketones is 1. The van der Waals surface area contributed by atoms with E-state index < -0.39 is 5.97 Å².